The Kier molecular flexibility index (Phi) is 6.97. The molecule has 0 N–H and O–H groups in total. The molecule has 0 amide bonds. The third kappa shape index (κ3) is 4.72. The number of carbonyl (C=O) groups is 1. The van der Waals surface area contributed by atoms with Crippen molar-refractivity contribution in [2.24, 2.45) is 0 Å². The van der Waals surface area contributed by atoms with Crippen LogP contribution in [0.1, 0.15) is 55.3 Å². The first-order chi connectivity index (χ1) is 18.7. The van der Waals surface area contributed by atoms with Gasteiger partial charge in [-0.2, -0.15) is 0 Å². The SMILES string of the molecule is CCOC(=O)COc1cccc2c1CCC2N1CCCC1c1nc(-c2ccccc2)c(-c2ccccc2)o1. The fraction of sp³-hybridized carbons (Fsp3) is 0.312. The summed E-state index contributed by atoms with van der Waals surface area (Å²) in [6.45, 7) is 3.08. The molecule has 3 aromatic carbocycles. The van der Waals surface area contributed by atoms with Crippen molar-refractivity contribution in [2.75, 3.05) is 19.8 Å². The van der Waals surface area contributed by atoms with E-state index in [1.807, 2.05) is 48.5 Å². The normalized spacial score (nSPS) is 18.9. The Labute approximate surface area is 223 Å². The predicted molar refractivity (Wildman–Crippen MR) is 146 cm³/mol. The summed E-state index contributed by atoms with van der Waals surface area (Å²) in [6.07, 6.45) is 4.02. The first kappa shape index (κ1) is 24.4. The van der Waals surface area contributed by atoms with Crippen molar-refractivity contribution >= 4 is 5.97 Å². The summed E-state index contributed by atoms with van der Waals surface area (Å²) >= 11 is 0. The highest BCUT2D eigenvalue weighted by Crippen LogP contribution is 2.47. The quantitative estimate of drug-likeness (QED) is 0.245. The van der Waals surface area contributed by atoms with E-state index in [-0.39, 0.29) is 24.7 Å². The fourth-order valence-electron chi connectivity index (χ4n) is 5.90. The number of fused-ring (bicyclic) bond motifs is 1. The molecule has 4 aromatic rings. The lowest BCUT2D eigenvalue weighted by molar-refractivity contribution is -0.145. The molecule has 0 radical (unpaired) electrons. The molecule has 2 atom stereocenters. The van der Waals surface area contributed by atoms with Gasteiger partial charge < -0.3 is 13.9 Å². The van der Waals surface area contributed by atoms with Gasteiger partial charge in [0, 0.05) is 17.2 Å². The van der Waals surface area contributed by atoms with Crippen molar-refractivity contribution in [2.45, 2.75) is 44.7 Å². The maximum Gasteiger partial charge on any atom is 0.344 e. The number of rotatable bonds is 8. The third-order valence-electron chi connectivity index (χ3n) is 7.55. The Bertz CT molecular complexity index is 1340. The number of carbonyl (C=O) groups excluding carboxylic acids is 1. The van der Waals surface area contributed by atoms with Crippen LogP contribution >= 0.6 is 0 Å². The van der Waals surface area contributed by atoms with E-state index in [4.69, 9.17) is 18.9 Å². The molecule has 6 nitrogen and oxygen atoms in total. The maximum atomic E-state index is 11.9. The summed E-state index contributed by atoms with van der Waals surface area (Å²) in [5, 5.41) is 0. The molecule has 1 saturated heterocycles. The van der Waals surface area contributed by atoms with Crippen LogP contribution in [0.2, 0.25) is 0 Å². The van der Waals surface area contributed by atoms with Crippen LogP contribution in [0.5, 0.6) is 5.75 Å². The molecule has 0 spiro atoms. The van der Waals surface area contributed by atoms with E-state index in [0.29, 0.717) is 6.61 Å². The number of hydrogen-bond acceptors (Lipinski definition) is 6. The van der Waals surface area contributed by atoms with E-state index in [1.165, 1.54) is 11.1 Å². The highest BCUT2D eigenvalue weighted by Gasteiger charge is 2.39. The number of nitrogens with zero attached hydrogens (tertiary/aromatic N) is 2. The van der Waals surface area contributed by atoms with Crippen molar-refractivity contribution < 1.29 is 18.7 Å². The van der Waals surface area contributed by atoms with Crippen molar-refractivity contribution in [3.05, 3.63) is 95.9 Å². The van der Waals surface area contributed by atoms with E-state index in [0.717, 1.165) is 66.4 Å². The van der Waals surface area contributed by atoms with Gasteiger partial charge in [-0.05, 0) is 56.3 Å². The van der Waals surface area contributed by atoms with Crippen molar-refractivity contribution in [3.63, 3.8) is 0 Å². The van der Waals surface area contributed by atoms with Gasteiger partial charge in [0.1, 0.15) is 11.4 Å². The van der Waals surface area contributed by atoms with Gasteiger partial charge in [-0.25, -0.2) is 9.78 Å². The Morgan fingerprint density at radius 2 is 1.71 bits per heavy atom. The number of esters is 1. The van der Waals surface area contributed by atoms with E-state index >= 15 is 0 Å². The Hall–Kier alpha value is -3.90. The number of likely N-dealkylation sites (tertiary alicyclic amines) is 1. The molecule has 1 fully saturated rings. The van der Waals surface area contributed by atoms with Crippen molar-refractivity contribution in [1.29, 1.82) is 0 Å². The lowest BCUT2D eigenvalue weighted by atomic mass is 10.0. The van der Waals surface area contributed by atoms with Crippen molar-refractivity contribution in [3.8, 4) is 28.3 Å². The zero-order valence-electron chi connectivity index (χ0n) is 21.6. The molecule has 2 aliphatic rings. The zero-order chi connectivity index (χ0) is 25.9. The molecule has 194 valence electrons. The summed E-state index contributed by atoms with van der Waals surface area (Å²) in [4.78, 5) is 19.5. The third-order valence-corrected chi connectivity index (χ3v) is 7.55. The molecule has 38 heavy (non-hydrogen) atoms. The highest BCUT2D eigenvalue weighted by molar-refractivity contribution is 5.76. The van der Waals surface area contributed by atoms with E-state index < -0.39 is 0 Å². The van der Waals surface area contributed by atoms with Gasteiger partial charge in [-0.15, -0.1) is 0 Å². The minimum absolute atomic E-state index is 0.0673. The largest absolute Gasteiger partial charge is 0.482 e. The second-order valence-corrected chi connectivity index (χ2v) is 9.83. The van der Waals surface area contributed by atoms with Gasteiger partial charge in [0.15, 0.2) is 12.4 Å². The molecule has 6 rings (SSSR count). The van der Waals surface area contributed by atoms with Gasteiger partial charge >= 0.3 is 5.97 Å². The molecule has 0 saturated carbocycles. The summed E-state index contributed by atoms with van der Waals surface area (Å²) < 4.78 is 17.5. The molecule has 0 bridgehead atoms. The molecular formula is C32H32N2O4. The molecule has 2 unspecified atom stereocenters. The number of oxazole rings is 1. The summed E-state index contributed by atoms with van der Waals surface area (Å²) in [7, 11) is 0. The van der Waals surface area contributed by atoms with Gasteiger partial charge in [-0.1, -0.05) is 72.8 Å². The van der Waals surface area contributed by atoms with Crippen LogP contribution < -0.4 is 4.74 Å². The molecular weight excluding hydrogens is 476 g/mol. The Balaban J connectivity index is 1.30. The summed E-state index contributed by atoms with van der Waals surface area (Å²) in [6, 6.07) is 27.1. The van der Waals surface area contributed by atoms with Gasteiger partial charge in [0.25, 0.3) is 0 Å². The monoisotopic (exact) mass is 508 g/mol. The minimum Gasteiger partial charge on any atom is -0.482 e. The fourth-order valence-corrected chi connectivity index (χ4v) is 5.90. The molecule has 6 heteroatoms. The number of hydrogen-bond donors (Lipinski definition) is 0. The van der Waals surface area contributed by atoms with Crippen LogP contribution in [0.25, 0.3) is 22.6 Å². The topological polar surface area (TPSA) is 64.8 Å². The van der Waals surface area contributed by atoms with Gasteiger partial charge in [0.2, 0.25) is 5.89 Å². The number of aromatic nitrogens is 1. The van der Waals surface area contributed by atoms with Crippen LogP contribution in [-0.2, 0) is 16.0 Å². The second kappa shape index (κ2) is 10.8. The van der Waals surface area contributed by atoms with E-state index in [1.54, 1.807) is 6.92 Å². The number of benzene rings is 3. The van der Waals surface area contributed by atoms with Crippen molar-refractivity contribution in [1.82, 2.24) is 9.88 Å². The lowest BCUT2D eigenvalue weighted by Crippen LogP contribution is -2.27. The zero-order valence-corrected chi connectivity index (χ0v) is 21.6. The van der Waals surface area contributed by atoms with Crippen LogP contribution in [-0.4, -0.2) is 35.6 Å². The molecule has 1 aromatic heterocycles. The molecule has 1 aliphatic heterocycles. The van der Waals surface area contributed by atoms with Crippen LogP contribution in [0.4, 0.5) is 0 Å². The molecule has 1 aliphatic carbocycles. The van der Waals surface area contributed by atoms with Crippen LogP contribution in [0.15, 0.2) is 83.3 Å². The predicted octanol–water partition coefficient (Wildman–Crippen LogP) is 6.77. The van der Waals surface area contributed by atoms with Crippen LogP contribution in [0.3, 0.4) is 0 Å². The average molecular weight is 509 g/mol. The first-order valence-electron chi connectivity index (χ1n) is 13.5. The smallest absolute Gasteiger partial charge is 0.344 e. The van der Waals surface area contributed by atoms with E-state index in [9.17, 15) is 4.79 Å². The summed E-state index contributed by atoms with van der Waals surface area (Å²) in [5.74, 6) is 2.04. The Morgan fingerprint density at radius 3 is 2.47 bits per heavy atom. The number of ether oxygens (including phenoxy) is 2. The highest BCUT2D eigenvalue weighted by atomic mass is 16.6. The lowest BCUT2D eigenvalue weighted by Gasteiger charge is -2.29. The van der Waals surface area contributed by atoms with Gasteiger partial charge in [0.05, 0.1) is 12.6 Å². The van der Waals surface area contributed by atoms with E-state index in [2.05, 4.69) is 35.2 Å². The first-order valence-corrected chi connectivity index (χ1v) is 13.5. The summed E-state index contributed by atoms with van der Waals surface area (Å²) in [5.41, 5.74) is 5.44. The standard InChI is InChI=1S/C32H32N2O4/c1-2-36-29(35)21-37-28-17-9-15-24-25(28)18-19-26(24)34-20-10-16-27(34)32-33-30(22-11-5-3-6-12-22)31(38-32)23-13-7-4-8-14-23/h3-9,11-15,17,26-27H,2,10,16,18-21H2,1H3. The molecule has 2 heterocycles. The maximum absolute atomic E-state index is 11.9. The second-order valence-electron chi connectivity index (χ2n) is 9.83. The van der Waals surface area contributed by atoms with Crippen LogP contribution in [0, 0.1) is 0 Å². The minimum atomic E-state index is -0.341. The van der Waals surface area contributed by atoms with Gasteiger partial charge in [-0.3, -0.25) is 4.90 Å². The average Bonchev–Trinajstić information content (AvgIpc) is 3.71. The Morgan fingerprint density at radius 1 is 0.947 bits per heavy atom.